The van der Waals surface area contributed by atoms with E-state index in [9.17, 15) is 0 Å². The van der Waals surface area contributed by atoms with E-state index in [1.165, 1.54) is 42.2 Å². The molecule has 2 aliphatic carbocycles. The summed E-state index contributed by atoms with van der Waals surface area (Å²) in [7, 11) is 0. The molecule has 1 heterocycles. The molecule has 100 valence electrons. The van der Waals surface area contributed by atoms with Crippen LogP contribution in [-0.4, -0.2) is 24.1 Å². The van der Waals surface area contributed by atoms with Crippen molar-refractivity contribution >= 4 is 16.5 Å². The van der Waals surface area contributed by atoms with E-state index in [4.69, 9.17) is 0 Å². The van der Waals surface area contributed by atoms with E-state index in [0.29, 0.717) is 6.04 Å². The highest BCUT2D eigenvalue weighted by molar-refractivity contribution is 7.15. The summed E-state index contributed by atoms with van der Waals surface area (Å²) in [4.78, 5) is 8.61. The van der Waals surface area contributed by atoms with Crippen LogP contribution in [0.4, 0.5) is 5.13 Å². The highest BCUT2D eigenvalue weighted by atomic mass is 32.1. The van der Waals surface area contributed by atoms with Crippen molar-refractivity contribution in [3.05, 3.63) is 11.1 Å². The molecule has 1 atom stereocenters. The molecule has 0 bridgehead atoms. The van der Waals surface area contributed by atoms with Gasteiger partial charge in [0.05, 0.1) is 0 Å². The van der Waals surface area contributed by atoms with Crippen LogP contribution in [0.5, 0.6) is 0 Å². The van der Waals surface area contributed by atoms with Gasteiger partial charge in [0, 0.05) is 29.7 Å². The molecule has 18 heavy (non-hydrogen) atoms. The molecule has 1 N–H and O–H groups in total. The third kappa shape index (κ3) is 2.86. The Morgan fingerprint density at radius 1 is 1.44 bits per heavy atom. The van der Waals surface area contributed by atoms with Gasteiger partial charge in [0.1, 0.15) is 0 Å². The summed E-state index contributed by atoms with van der Waals surface area (Å²) in [5.74, 6) is 0.948. The zero-order chi connectivity index (χ0) is 12.5. The van der Waals surface area contributed by atoms with Gasteiger partial charge in [-0.15, -0.1) is 11.3 Å². The van der Waals surface area contributed by atoms with Crippen molar-refractivity contribution in [2.75, 3.05) is 18.0 Å². The van der Waals surface area contributed by atoms with Gasteiger partial charge in [-0.25, -0.2) is 4.98 Å². The minimum Gasteiger partial charge on any atom is -0.345 e. The van der Waals surface area contributed by atoms with E-state index in [1.807, 2.05) is 11.3 Å². The Balaban J connectivity index is 1.69. The number of nitrogens with zero attached hydrogens (tertiary/aromatic N) is 2. The summed E-state index contributed by atoms with van der Waals surface area (Å²) in [5.41, 5.74) is 0. The molecule has 3 rings (SSSR count). The maximum absolute atomic E-state index is 4.67. The summed E-state index contributed by atoms with van der Waals surface area (Å²) >= 11 is 1.88. The number of hydrogen-bond donors (Lipinski definition) is 1. The summed E-state index contributed by atoms with van der Waals surface area (Å²) in [5, 5.41) is 4.72. The fourth-order valence-corrected chi connectivity index (χ4v) is 3.39. The molecule has 1 unspecified atom stereocenters. The standard InChI is InChI=1S/C14H23N3S/c1-3-15-10(2)13-8-16-14(18-13)17(12-6-7-12)9-11-4-5-11/h8,10-12,15H,3-7,9H2,1-2H3. The van der Waals surface area contributed by atoms with Crippen LogP contribution >= 0.6 is 11.3 Å². The van der Waals surface area contributed by atoms with Crippen molar-refractivity contribution in [2.45, 2.75) is 51.6 Å². The second-order valence-electron chi connectivity index (χ2n) is 5.65. The SMILES string of the molecule is CCNC(C)c1cnc(N(CC2CC2)C2CC2)s1. The first-order valence-electron chi connectivity index (χ1n) is 7.23. The maximum Gasteiger partial charge on any atom is 0.185 e. The first-order valence-corrected chi connectivity index (χ1v) is 8.05. The Bertz CT molecular complexity index is 395. The first-order chi connectivity index (χ1) is 8.78. The maximum atomic E-state index is 4.67. The molecule has 4 heteroatoms. The van der Waals surface area contributed by atoms with Crippen molar-refractivity contribution in [1.29, 1.82) is 0 Å². The summed E-state index contributed by atoms with van der Waals surface area (Å²) < 4.78 is 0. The Morgan fingerprint density at radius 2 is 2.22 bits per heavy atom. The Kier molecular flexibility index (Phi) is 3.57. The number of nitrogens with one attached hydrogen (secondary N) is 1. The average Bonchev–Trinajstić information content (AvgIpc) is 3.26. The predicted octanol–water partition coefficient (Wildman–Crippen LogP) is 3.19. The number of hydrogen-bond acceptors (Lipinski definition) is 4. The monoisotopic (exact) mass is 265 g/mol. The number of anilines is 1. The lowest BCUT2D eigenvalue weighted by atomic mass is 10.3. The average molecular weight is 265 g/mol. The van der Waals surface area contributed by atoms with Crippen molar-refractivity contribution < 1.29 is 0 Å². The highest BCUT2D eigenvalue weighted by Gasteiger charge is 2.35. The molecule has 0 spiro atoms. The Morgan fingerprint density at radius 3 is 2.83 bits per heavy atom. The van der Waals surface area contributed by atoms with Gasteiger partial charge in [0.2, 0.25) is 0 Å². The van der Waals surface area contributed by atoms with Gasteiger partial charge in [-0.3, -0.25) is 0 Å². The molecule has 1 aromatic rings. The minimum absolute atomic E-state index is 0.434. The van der Waals surface area contributed by atoms with E-state index in [0.717, 1.165) is 18.5 Å². The lowest BCUT2D eigenvalue weighted by molar-refractivity contribution is 0.606. The van der Waals surface area contributed by atoms with Crippen LogP contribution in [-0.2, 0) is 0 Å². The zero-order valence-electron chi connectivity index (χ0n) is 11.4. The van der Waals surface area contributed by atoms with Gasteiger partial charge in [0.15, 0.2) is 5.13 Å². The lowest BCUT2D eigenvalue weighted by Gasteiger charge is -2.21. The van der Waals surface area contributed by atoms with Crippen molar-refractivity contribution in [3.8, 4) is 0 Å². The smallest absolute Gasteiger partial charge is 0.185 e. The minimum atomic E-state index is 0.434. The predicted molar refractivity (Wildman–Crippen MR) is 77.3 cm³/mol. The Labute approximate surface area is 114 Å². The second-order valence-corrected chi connectivity index (χ2v) is 6.69. The van der Waals surface area contributed by atoms with Crippen LogP contribution in [0.1, 0.15) is 50.4 Å². The van der Waals surface area contributed by atoms with Crippen molar-refractivity contribution in [2.24, 2.45) is 5.92 Å². The van der Waals surface area contributed by atoms with Gasteiger partial charge in [-0.2, -0.15) is 0 Å². The quantitative estimate of drug-likeness (QED) is 0.820. The summed E-state index contributed by atoms with van der Waals surface area (Å²) in [6, 6.07) is 1.22. The van der Waals surface area contributed by atoms with Crippen LogP contribution in [0.25, 0.3) is 0 Å². The first kappa shape index (κ1) is 12.4. The summed E-state index contributed by atoms with van der Waals surface area (Å²) in [6.07, 6.45) is 7.65. The molecule has 0 aliphatic heterocycles. The highest BCUT2D eigenvalue weighted by Crippen LogP contribution is 2.39. The molecule has 2 saturated carbocycles. The van der Waals surface area contributed by atoms with E-state index in [2.05, 4.69) is 35.2 Å². The largest absolute Gasteiger partial charge is 0.345 e. The van der Waals surface area contributed by atoms with E-state index < -0.39 is 0 Å². The number of aromatic nitrogens is 1. The molecule has 0 saturated heterocycles. The van der Waals surface area contributed by atoms with E-state index in [-0.39, 0.29) is 0 Å². The molecule has 2 aliphatic rings. The fourth-order valence-electron chi connectivity index (χ4n) is 2.36. The molecule has 0 amide bonds. The third-order valence-corrected chi connectivity index (χ3v) is 5.05. The van der Waals surface area contributed by atoms with Crippen LogP contribution in [0, 0.1) is 5.92 Å². The third-order valence-electron chi connectivity index (χ3n) is 3.83. The van der Waals surface area contributed by atoms with Gasteiger partial charge in [0.25, 0.3) is 0 Å². The van der Waals surface area contributed by atoms with Crippen LogP contribution in [0.15, 0.2) is 6.20 Å². The molecule has 0 aromatic carbocycles. The summed E-state index contributed by atoms with van der Waals surface area (Å²) in [6.45, 7) is 6.64. The van der Waals surface area contributed by atoms with Crippen molar-refractivity contribution in [3.63, 3.8) is 0 Å². The van der Waals surface area contributed by atoms with Crippen LogP contribution in [0.2, 0.25) is 0 Å². The van der Waals surface area contributed by atoms with Gasteiger partial charge in [-0.05, 0) is 45.1 Å². The molecular formula is C14H23N3S. The molecule has 0 radical (unpaired) electrons. The van der Waals surface area contributed by atoms with E-state index in [1.54, 1.807) is 0 Å². The molecule has 3 nitrogen and oxygen atoms in total. The fraction of sp³-hybridized carbons (Fsp3) is 0.786. The van der Waals surface area contributed by atoms with Crippen LogP contribution < -0.4 is 10.2 Å². The topological polar surface area (TPSA) is 28.2 Å². The zero-order valence-corrected chi connectivity index (χ0v) is 12.2. The second kappa shape index (κ2) is 5.17. The number of thiazole rings is 1. The van der Waals surface area contributed by atoms with Gasteiger partial charge < -0.3 is 10.2 Å². The van der Waals surface area contributed by atoms with E-state index >= 15 is 0 Å². The number of rotatable bonds is 7. The van der Waals surface area contributed by atoms with Crippen molar-refractivity contribution in [1.82, 2.24) is 10.3 Å². The van der Waals surface area contributed by atoms with Gasteiger partial charge >= 0.3 is 0 Å². The van der Waals surface area contributed by atoms with Gasteiger partial charge in [-0.1, -0.05) is 6.92 Å². The van der Waals surface area contributed by atoms with Crippen LogP contribution in [0.3, 0.4) is 0 Å². The Hall–Kier alpha value is -0.610. The lowest BCUT2D eigenvalue weighted by Crippen LogP contribution is -2.27. The molecular weight excluding hydrogens is 242 g/mol. The normalized spacial score (nSPS) is 21.0. The molecule has 1 aromatic heterocycles. The molecule has 2 fully saturated rings.